The molecule has 0 spiro atoms. The molecule has 0 aliphatic heterocycles. The number of nitrogens with two attached hydrogens (primary N) is 1. The van der Waals surface area contributed by atoms with Gasteiger partial charge in [-0.25, -0.2) is 5.84 Å². The molecule has 0 aliphatic rings. The van der Waals surface area contributed by atoms with Crippen LogP contribution in [0.4, 0.5) is 5.69 Å². The third-order valence-corrected chi connectivity index (χ3v) is 5.12. The second-order valence-electron chi connectivity index (χ2n) is 6.01. The van der Waals surface area contributed by atoms with Gasteiger partial charge in [-0.15, -0.1) is 11.3 Å². The highest BCUT2D eigenvalue weighted by Crippen LogP contribution is 2.30. The van der Waals surface area contributed by atoms with Gasteiger partial charge in [-0.05, 0) is 37.1 Å². The van der Waals surface area contributed by atoms with Crippen molar-refractivity contribution in [2.45, 2.75) is 12.8 Å². The zero-order valence-corrected chi connectivity index (χ0v) is 16.0. The summed E-state index contributed by atoms with van der Waals surface area (Å²) in [4.78, 5) is 25.5. The van der Waals surface area contributed by atoms with E-state index in [2.05, 4.69) is 10.7 Å². The van der Waals surface area contributed by atoms with Crippen molar-refractivity contribution in [3.8, 4) is 5.75 Å². The van der Waals surface area contributed by atoms with Crippen LogP contribution in [-0.4, -0.2) is 18.4 Å². The van der Waals surface area contributed by atoms with Crippen LogP contribution in [0.25, 0.3) is 0 Å². The Labute approximate surface area is 167 Å². The summed E-state index contributed by atoms with van der Waals surface area (Å²) in [6, 6.07) is 18.4. The first-order valence-electron chi connectivity index (χ1n) is 8.84. The summed E-state index contributed by atoms with van der Waals surface area (Å²) < 4.78 is 5.71. The van der Waals surface area contributed by atoms with E-state index in [1.165, 1.54) is 11.3 Å². The molecule has 3 aromatic rings. The summed E-state index contributed by atoms with van der Waals surface area (Å²) in [6.07, 6.45) is 1.41. The van der Waals surface area contributed by atoms with Gasteiger partial charge in [-0.3, -0.25) is 15.0 Å². The van der Waals surface area contributed by atoms with E-state index in [1.807, 2.05) is 36.4 Å². The Morgan fingerprint density at radius 3 is 2.32 bits per heavy atom. The van der Waals surface area contributed by atoms with Crippen molar-refractivity contribution in [2.24, 2.45) is 5.84 Å². The van der Waals surface area contributed by atoms with E-state index in [-0.39, 0.29) is 5.91 Å². The van der Waals surface area contributed by atoms with Crippen LogP contribution < -0.4 is 21.3 Å². The van der Waals surface area contributed by atoms with E-state index in [1.54, 1.807) is 29.6 Å². The Bertz CT molecular complexity index is 927. The maximum absolute atomic E-state index is 12.5. The molecule has 6 nitrogen and oxygen atoms in total. The number of nitrogen functional groups attached to an aromatic ring is 1. The van der Waals surface area contributed by atoms with Gasteiger partial charge in [-0.1, -0.05) is 36.4 Å². The van der Waals surface area contributed by atoms with Crippen molar-refractivity contribution in [1.82, 2.24) is 5.43 Å². The van der Waals surface area contributed by atoms with Gasteiger partial charge < -0.3 is 10.1 Å². The normalized spacial score (nSPS) is 10.3. The summed E-state index contributed by atoms with van der Waals surface area (Å²) in [5.74, 6) is 5.39. The zero-order chi connectivity index (χ0) is 19.8. The first-order valence-corrected chi connectivity index (χ1v) is 9.72. The van der Waals surface area contributed by atoms with Gasteiger partial charge in [0, 0.05) is 15.8 Å². The maximum atomic E-state index is 12.5. The molecule has 3 rings (SSSR count). The molecule has 4 N–H and O–H groups in total. The molecular weight excluding hydrogens is 374 g/mol. The highest BCUT2D eigenvalue weighted by Gasteiger charge is 2.19. The lowest BCUT2D eigenvalue weighted by molar-refractivity contribution is 0.0955. The van der Waals surface area contributed by atoms with Gasteiger partial charge in [0.2, 0.25) is 0 Å². The number of rotatable bonds is 8. The number of hydrogen-bond acceptors (Lipinski definition) is 5. The van der Waals surface area contributed by atoms with Gasteiger partial charge in [0.15, 0.2) is 0 Å². The van der Waals surface area contributed by atoms with Crippen molar-refractivity contribution in [2.75, 3.05) is 11.9 Å². The number of hydrogen-bond donors (Lipinski definition) is 3. The highest BCUT2D eigenvalue weighted by atomic mass is 32.1. The molecular formula is C21H21N3O3S. The molecule has 1 aromatic heterocycles. The van der Waals surface area contributed by atoms with Crippen molar-refractivity contribution in [3.05, 3.63) is 82.0 Å². The minimum absolute atomic E-state index is 0.271. The number of carbonyl (C=O) groups is 2. The van der Waals surface area contributed by atoms with Crippen LogP contribution in [0.2, 0.25) is 0 Å². The Balaban J connectivity index is 1.69. The second kappa shape index (κ2) is 9.68. The molecule has 0 saturated heterocycles. The molecule has 0 atom stereocenters. The number of benzene rings is 2. The number of anilines is 1. The minimum Gasteiger partial charge on any atom is -0.494 e. The quantitative estimate of drug-likeness (QED) is 0.235. The van der Waals surface area contributed by atoms with Crippen LogP contribution in [0, 0.1) is 0 Å². The number of nitrogens with one attached hydrogen (secondary N) is 2. The number of ether oxygens (including phenoxy) is 1. The molecule has 0 unspecified atom stereocenters. The van der Waals surface area contributed by atoms with E-state index >= 15 is 0 Å². The summed E-state index contributed by atoms with van der Waals surface area (Å²) in [7, 11) is 0. The number of hydrazine groups is 1. The van der Waals surface area contributed by atoms with E-state index in [0.717, 1.165) is 17.0 Å². The third-order valence-electron chi connectivity index (χ3n) is 4.08. The molecule has 0 saturated carbocycles. The molecule has 28 heavy (non-hydrogen) atoms. The van der Waals surface area contributed by atoms with Crippen LogP contribution in [0.1, 0.15) is 32.0 Å². The monoisotopic (exact) mass is 395 g/mol. The highest BCUT2D eigenvalue weighted by molar-refractivity contribution is 7.11. The van der Waals surface area contributed by atoms with E-state index in [9.17, 15) is 9.59 Å². The third kappa shape index (κ3) is 4.97. The number of aryl methyl sites for hydroxylation is 1. The molecule has 0 fully saturated rings. The largest absolute Gasteiger partial charge is 0.494 e. The lowest BCUT2D eigenvalue weighted by Gasteiger charge is -2.10. The predicted molar refractivity (Wildman–Crippen MR) is 111 cm³/mol. The molecule has 144 valence electrons. The van der Waals surface area contributed by atoms with Gasteiger partial charge in [0.25, 0.3) is 11.8 Å². The molecule has 2 amide bonds. The molecule has 0 aliphatic carbocycles. The maximum Gasteiger partial charge on any atom is 0.268 e. The van der Waals surface area contributed by atoms with Gasteiger partial charge in [0.05, 0.1) is 17.9 Å². The van der Waals surface area contributed by atoms with Crippen molar-refractivity contribution in [1.29, 1.82) is 0 Å². The van der Waals surface area contributed by atoms with Crippen molar-refractivity contribution in [3.63, 3.8) is 0 Å². The molecule has 2 aromatic carbocycles. The van der Waals surface area contributed by atoms with Crippen LogP contribution in [0.3, 0.4) is 0 Å². The van der Waals surface area contributed by atoms with Crippen LogP contribution >= 0.6 is 11.3 Å². The van der Waals surface area contributed by atoms with Gasteiger partial charge in [0.1, 0.15) is 5.75 Å². The molecule has 7 heteroatoms. The van der Waals surface area contributed by atoms with Crippen LogP contribution in [0.15, 0.2) is 66.0 Å². The fraction of sp³-hybridized carbons (Fsp3) is 0.143. The second-order valence-corrected chi connectivity index (χ2v) is 6.97. The number of para-hydroxylation sites is 1. The fourth-order valence-corrected chi connectivity index (χ4v) is 3.70. The average molecular weight is 395 g/mol. The number of carbonyl (C=O) groups excluding carboxylic acids is 2. The summed E-state index contributed by atoms with van der Waals surface area (Å²) >= 11 is 1.42. The Morgan fingerprint density at radius 1 is 0.964 bits per heavy atom. The molecule has 0 radical (unpaired) electrons. The smallest absolute Gasteiger partial charge is 0.268 e. The van der Waals surface area contributed by atoms with E-state index in [4.69, 9.17) is 10.6 Å². The Hall–Kier alpha value is -3.16. The lowest BCUT2D eigenvalue weighted by Crippen LogP contribution is -2.30. The summed E-state index contributed by atoms with van der Waals surface area (Å²) in [5.41, 5.74) is 3.51. The summed E-state index contributed by atoms with van der Waals surface area (Å²) in [6.45, 7) is 0.534. The fourth-order valence-electron chi connectivity index (χ4n) is 2.68. The number of thiophene rings is 1. The Kier molecular flexibility index (Phi) is 6.78. The van der Waals surface area contributed by atoms with E-state index in [0.29, 0.717) is 29.8 Å². The Morgan fingerprint density at radius 2 is 1.64 bits per heavy atom. The first kappa shape index (κ1) is 19.6. The topological polar surface area (TPSA) is 93.4 Å². The van der Waals surface area contributed by atoms with Crippen molar-refractivity contribution < 1.29 is 14.3 Å². The van der Waals surface area contributed by atoms with Gasteiger partial charge in [-0.2, -0.15) is 0 Å². The lowest BCUT2D eigenvalue weighted by atomic mass is 10.1. The van der Waals surface area contributed by atoms with Crippen LogP contribution in [-0.2, 0) is 6.42 Å². The molecule has 0 bridgehead atoms. The SMILES string of the molecule is NNC(=O)c1csc(CCCOc2ccccc2)c1NC(=O)c1ccccc1. The predicted octanol–water partition coefficient (Wildman–Crippen LogP) is 3.62. The van der Waals surface area contributed by atoms with Crippen LogP contribution in [0.5, 0.6) is 5.75 Å². The van der Waals surface area contributed by atoms with E-state index < -0.39 is 5.91 Å². The molecule has 1 heterocycles. The summed E-state index contributed by atoms with van der Waals surface area (Å²) in [5, 5.41) is 4.57. The van der Waals surface area contributed by atoms with Gasteiger partial charge >= 0.3 is 0 Å². The first-order chi connectivity index (χ1) is 13.7. The average Bonchev–Trinajstić information content (AvgIpc) is 3.14. The minimum atomic E-state index is -0.439. The standard InChI is InChI=1S/C21H21N3O3S/c22-24-21(26)17-14-28-18(12-7-13-27-16-10-5-2-6-11-16)19(17)23-20(25)15-8-3-1-4-9-15/h1-6,8-11,14H,7,12-13,22H2,(H,23,25)(H,24,26). The number of amides is 2. The zero-order valence-electron chi connectivity index (χ0n) is 15.2. The van der Waals surface area contributed by atoms with Crippen molar-refractivity contribution >= 4 is 28.8 Å².